The molecular weight excluding hydrogens is 416 g/mol. The van der Waals surface area contributed by atoms with E-state index in [9.17, 15) is 18.4 Å². The zero-order chi connectivity index (χ0) is 22.2. The summed E-state index contributed by atoms with van der Waals surface area (Å²) < 4.78 is 28.4. The lowest BCUT2D eigenvalue weighted by molar-refractivity contribution is -0.124. The molecule has 7 nitrogen and oxygen atoms in total. The monoisotopic (exact) mass is 433 g/mol. The first-order valence-electron chi connectivity index (χ1n) is 9.93. The summed E-state index contributed by atoms with van der Waals surface area (Å²) in [6.07, 6.45) is 3.13. The average molecular weight is 433 g/mol. The Kier molecular flexibility index (Phi) is 4.85. The number of halogens is 2. The van der Waals surface area contributed by atoms with Crippen LogP contribution in [0.5, 0.6) is 0 Å². The van der Waals surface area contributed by atoms with Crippen molar-refractivity contribution in [3.05, 3.63) is 84.2 Å². The van der Waals surface area contributed by atoms with E-state index in [4.69, 9.17) is 0 Å². The highest BCUT2D eigenvalue weighted by Gasteiger charge is 2.40. The van der Waals surface area contributed by atoms with E-state index >= 15 is 0 Å². The first-order chi connectivity index (χ1) is 15.5. The third-order valence-corrected chi connectivity index (χ3v) is 5.33. The van der Waals surface area contributed by atoms with Crippen molar-refractivity contribution in [2.75, 3.05) is 10.2 Å². The number of aromatic nitrogens is 3. The molecule has 5 rings (SSSR count). The molecular formula is C23H17F2N5O2. The summed E-state index contributed by atoms with van der Waals surface area (Å²) in [5, 5.41) is 2.53. The van der Waals surface area contributed by atoms with Gasteiger partial charge in [-0.2, -0.15) is 0 Å². The lowest BCUT2D eigenvalue weighted by Crippen LogP contribution is -2.31. The maximum atomic E-state index is 13.5. The molecule has 1 N–H and O–H groups in total. The molecule has 0 saturated carbocycles. The molecule has 2 aromatic carbocycles. The van der Waals surface area contributed by atoms with Crippen LogP contribution >= 0.6 is 0 Å². The molecule has 0 spiro atoms. The van der Waals surface area contributed by atoms with Crippen LogP contribution in [0.2, 0.25) is 0 Å². The van der Waals surface area contributed by atoms with Crippen molar-refractivity contribution in [3.8, 4) is 0 Å². The third kappa shape index (κ3) is 3.47. The average Bonchev–Trinajstić information content (AvgIpc) is 3.28. The van der Waals surface area contributed by atoms with E-state index in [2.05, 4.69) is 15.3 Å². The van der Waals surface area contributed by atoms with Gasteiger partial charge in [0.15, 0.2) is 11.6 Å². The van der Waals surface area contributed by atoms with Crippen LogP contribution < -0.4 is 10.2 Å². The summed E-state index contributed by atoms with van der Waals surface area (Å²) in [5.74, 6) is -2.39. The Morgan fingerprint density at radius 3 is 2.69 bits per heavy atom. The van der Waals surface area contributed by atoms with E-state index in [0.29, 0.717) is 11.5 Å². The van der Waals surface area contributed by atoms with Crippen LogP contribution in [0.15, 0.2) is 67.0 Å². The molecule has 0 fully saturated rings. The molecule has 1 aliphatic heterocycles. The van der Waals surface area contributed by atoms with Gasteiger partial charge in [0, 0.05) is 24.1 Å². The second kappa shape index (κ2) is 7.84. The van der Waals surface area contributed by atoms with Gasteiger partial charge in [-0.15, -0.1) is 0 Å². The molecule has 0 radical (unpaired) electrons. The molecule has 0 aliphatic carbocycles. The number of carbonyl (C=O) groups is 2. The number of hydrogen-bond donors (Lipinski definition) is 1. The van der Waals surface area contributed by atoms with Gasteiger partial charge in [-0.05, 0) is 35.9 Å². The molecule has 160 valence electrons. The standard InChI is InChI=1S/C23H17F2N5O2/c24-16-8-7-15(10-17(16)25)27-21(31)11-20-22(32)29(13-14-4-3-9-26-12-14)23-28-18-5-1-2-6-19(18)30(20)23/h1-10,12,20H,11,13H2,(H,27,31)/t20-/m1/s1. The van der Waals surface area contributed by atoms with Gasteiger partial charge in [0.1, 0.15) is 6.04 Å². The number of para-hydroxylation sites is 2. The molecule has 1 atom stereocenters. The lowest BCUT2D eigenvalue weighted by Gasteiger charge is -2.16. The van der Waals surface area contributed by atoms with Gasteiger partial charge in [-0.1, -0.05) is 18.2 Å². The number of pyridine rings is 1. The maximum Gasteiger partial charge on any atom is 0.253 e. The Morgan fingerprint density at radius 2 is 1.91 bits per heavy atom. The smallest absolute Gasteiger partial charge is 0.253 e. The van der Waals surface area contributed by atoms with Gasteiger partial charge in [0.05, 0.1) is 24.0 Å². The van der Waals surface area contributed by atoms with Gasteiger partial charge in [0.25, 0.3) is 5.91 Å². The van der Waals surface area contributed by atoms with E-state index in [1.165, 1.54) is 11.0 Å². The first-order valence-corrected chi connectivity index (χ1v) is 9.93. The molecule has 0 saturated heterocycles. The fourth-order valence-corrected chi connectivity index (χ4v) is 3.88. The molecule has 3 heterocycles. The van der Waals surface area contributed by atoms with Crippen LogP contribution in [-0.4, -0.2) is 26.3 Å². The number of amides is 2. The van der Waals surface area contributed by atoms with Crippen molar-refractivity contribution < 1.29 is 18.4 Å². The quantitative estimate of drug-likeness (QED) is 0.519. The van der Waals surface area contributed by atoms with Crippen molar-refractivity contribution in [2.24, 2.45) is 0 Å². The van der Waals surface area contributed by atoms with Gasteiger partial charge >= 0.3 is 0 Å². The summed E-state index contributed by atoms with van der Waals surface area (Å²) in [7, 11) is 0. The number of fused-ring (bicyclic) bond motifs is 3. The van der Waals surface area contributed by atoms with Gasteiger partial charge in [0.2, 0.25) is 11.9 Å². The number of benzene rings is 2. The second-order valence-corrected chi connectivity index (χ2v) is 7.45. The molecule has 1 aliphatic rings. The summed E-state index contributed by atoms with van der Waals surface area (Å²) in [4.78, 5) is 36.2. The van der Waals surface area contributed by atoms with Crippen molar-refractivity contribution in [1.82, 2.24) is 14.5 Å². The molecule has 4 aromatic rings. The minimum absolute atomic E-state index is 0.113. The SMILES string of the molecule is O=C(C[C@@H]1C(=O)N(Cc2cccnc2)c2nc3ccccc3n21)Nc1ccc(F)c(F)c1. The van der Waals surface area contributed by atoms with E-state index in [-0.39, 0.29) is 24.6 Å². The molecule has 2 aromatic heterocycles. The topological polar surface area (TPSA) is 80.1 Å². The summed E-state index contributed by atoms with van der Waals surface area (Å²) >= 11 is 0. The summed E-state index contributed by atoms with van der Waals surface area (Å²) in [6.45, 7) is 0.261. The minimum Gasteiger partial charge on any atom is -0.326 e. The van der Waals surface area contributed by atoms with Crippen molar-refractivity contribution >= 4 is 34.5 Å². The number of rotatable bonds is 5. The maximum absolute atomic E-state index is 13.5. The zero-order valence-corrected chi connectivity index (χ0v) is 16.7. The number of nitrogens with zero attached hydrogens (tertiary/aromatic N) is 4. The first kappa shape index (κ1) is 19.8. The van der Waals surface area contributed by atoms with Crippen molar-refractivity contribution in [3.63, 3.8) is 0 Å². The van der Waals surface area contributed by atoms with E-state index in [1.54, 1.807) is 23.0 Å². The van der Waals surface area contributed by atoms with Crippen LogP contribution in [0.1, 0.15) is 18.0 Å². The Balaban J connectivity index is 1.46. The predicted molar refractivity (Wildman–Crippen MR) is 114 cm³/mol. The molecule has 2 amide bonds. The summed E-state index contributed by atoms with van der Waals surface area (Å²) in [5.41, 5.74) is 2.38. The second-order valence-electron chi connectivity index (χ2n) is 7.45. The highest BCUT2D eigenvalue weighted by Crippen LogP contribution is 2.37. The number of imidazole rings is 1. The van der Waals surface area contributed by atoms with E-state index in [1.807, 2.05) is 30.3 Å². The number of hydrogen-bond acceptors (Lipinski definition) is 4. The van der Waals surface area contributed by atoms with Crippen molar-refractivity contribution in [2.45, 2.75) is 19.0 Å². The molecule has 9 heteroatoms. The Bertz CT molecular complexity index is 1340. The van der Waals surface area contributed by atoms with Crippen LogP contribution in [0.4, 0.5) is 20.4 Å². The fourth-order valence-electron chi connectivity index (χ4n) is 3.88. The molecule has 0 bridgehead atoms. The van der Waals surface area contributed by atoms with E-state index < -0.39 is 23.6 Å². The number of nitrogens with one attached hydrogen (secondary N) is 1. The van der Waals surface area contributed by atoms with Gasteiger partial charge < -0.3 is 5.32 Å². The van der Waals surface area contributed by atoms with Crippen LogP contribution in [0.25, 0.3) is 11.0 Å². The Morgan fingerprint density at radius 1 is 1.06 bits per heavy atom. The molecule has 32 heavy (non-hydrogen) atoms. The highest BCUT2D eigenvalue weighted by atomic mass is 19.2. The van der Waals surface area contributed by atoms with Crippen molar-refractivity contribution in [1.29, 1.82) is 0 Å². The Labute approximate surface area is 181 Å². The normalized spacial score (nSPS) is 15.2. The summed E-state index contributed by atoms with van der Waals surface area (Å²) in [6, 6.07) is 13.3. The van der Waals surface area contributed by atoms with Crippen LogP contribution in [0, 0.1) is 11.6 Å². The lowest BCUT2D eigenvalue weighted by atomic mass is 10.1. The van der Waals surface area contributed by atoms with Crippen LogP contribution in [-0.2, 0) is 16.1 Å². The number of carbonyl (C=O) groups excluding carboxylic acids is 2. The van der Waals surface area contributed by atoms with Gasteiger partial charge in [-0.25, -0.2) is 13.8 Å². The van der Waals surface area contributed by atoms with Crippen LogP contribution in [0.3, 0.4) is 0 Å². The van der Waals surface area contributed by atoms with E-state index in [0.717, 1.165) is 23.2 Å². The largest absolute Gasteiger partial charge is 0.326 e. The fraction of sp³-hybridized carbons (Fsp3) is 0.130. The van der Waals surface area contributed by atoms with Gasteiger partial charge in [-0.3, -0.25) is 24.0 Å². The number of anilines is 2. The third-order valence-electron chi connectivity index (χ3n) is 5.33. The molecule has 0 unspecified atom stereocenters. The zero-order valence-electron chi connectivity index (χ0n) is 16.7. The highest BCUT2D eigenvalue weighted by molar-refractivity contribution is 6.05. The minimum atomic E-state index is -1.06. The predicted octanol–water partition coefficient (Wildman–Crippen LogP) is 3.83. The Hall–Kier alpha value is -4.14.